The molecule has 2 rings (SSSR count). The van der Waals surface area contributed by atoms with Gasteiger partial charge in [0.15, 0.2) is 0 Å². The Morgan fingerprint density at radius 2 is 2.15 bits per heavy atom. The highest BCUT2D eigenvalue weighted by Gasteiger charge is 2.28. The Morgan fingerprint density at radius 3 is 2.80 bits per heavy atom. The van der Waals surface area contributed by atoms with Crippen LogP contribution in [0.5, 0.6) is 0 Å². The molecule has 1 saturated heterocycles. The number of nitrogens with one attached hydrogen (secondary N) is 1. The van der Waals surface area contributed by atoms with Crippen molar-refractivity contribution in [2.75, 3.05) is 33.3 Å². The van der Waals surface area contributed by atoms with E-state index in [2.05, 4.69) is 34.5 Å². The van der Waals surface area contributed by atoms with Crippen LogP contribution in [0.25, 0.3) is 0 Å². The van der Waals surface area contributed by atoms with Crippen LogP contribution in [0.4, 0.5) is 4.79 Å². The predicted molar refractivity (Wildman–Crippen MR) is 78.6 cm³/mol. The zero-order valence-corrected chi connectivity index (χ0v) is 11.9. The number of rotatable bonds is 4. The van der Waals surface area contributed by atoms with Gasteiger partial charge in [-0.2, -0.15) is 0 Å². The summed E-state index contributed by atoms with van der Waals surface area (Å²) in [4.78, 5) is 13.7. The molecule has 2 unspecified atom stereocenters. The van der Waals surface area contributed by atoms with Gasteiger partial charge in [-0.05, 0) is 17.9 Å². The maximum Gasteiger partial charge on any atom is 0.407 e. The largest absolute Gasteiger partial charge is 0.453 e. The number of methoxy groups -OCH3 is 1. The Bertz CT molecular complexity index is 424. The molecule has 1 heterocycles. The van der Waals surface area contributed by atoms with Crippen molar-refractivity contribution in [3.05, 3.63) is 35.9 Å². The molecule has 5 nitrogen and oxygen atoms in total. The lowest BCUT2D eigenvalue weighted by Gasteiger charge is -2.38. The third kappa shape index (κ3) is 3.95. The fraction of sp³-hybridized carbons (Fsp3) is 0.533. The van der Waals surface area contributed by atoms with Crippen LogP contribution in [-0.4, -0.2) is 50.3 Å². The second kappa shape index (κ2) is 7.26. The van der Waals surface area contributed by atoms with Gasteiger partial charge in [-0.3, -0.25) is 4.90 Å². The fourth-order valence-electron chi connectivity index (χ4n) is 2.85. The molecule has 20 heavy (non-hydrogen) atoms. The van der Waals surface area contributed by atoms with Crippen molar-refractivity contribution >= 4 is 6.09 Å². The van der Waals surface area contributed by atoms with Gasteiger partial charge in [0.1, 0.15) is 0 Å². The molecule has 110 valence electrons. The van der Waals surface area contributed by atoms with E-state index in [0.29, 0.717) is 12.5 Å². The summed E-state index contributed by atoms with van der Waals surface area (Å²) in [5, 5.41) is 2.91. The maximum atomic E-state index is 11.4. The van der Waals surface area contributed by atoms with Gasteiger partial charge >= 0.3 is 6.09 Å². The maximum absolute atomic E-state index is 11.4. The fourth-order valence-corrected chi connectivity index (χ4v) is 2.85. The zero-order valence-electron chi connectivity index (χ0n) is 11.9. The second-order valence-corrected chi connectivity index (χ2v) is 5.22. The summed E-state index contributed by atoms with van der Waals surface area (Å²) in [7, 11) is 1.39. The lowest BCUT2D eigenvalue weighted by Crippen LogP contribution is -2.51. The van der Waals surface area contributed by atoms with Gasteiger partial charge in [0, 0.05) is 32.2 Å². The number of benzene rings is 1. The van der Waals surface area contributed by atoms with E-state index in [9.17, 15) is 4.79 Å². The van der Waals surface area contributed by atoms with Gasteiger partial charge in [0.25, 0.3) is 0 Å². The summed E-state index contributed by atoms with van der Waals surface area (Å²) in [5.41, 5.74) is 6.97. The van der Waals surface area contributed by atoms with E-state index in [0.717, 1.165) is 26.1 Å². The zero-order chi connectivity index (χ0) is 14.4. The van der Waals surface area contributed by atoms with Crippen LogP contribution in [0.2, 0.25) is 0 Å². The van der Waals surface area contributed by atoms with Crippen molar-refractivity contribution in [2.24, 2.45) is 5.73 Å². The molecular formula is C15H23N3O2. The highest BCUT2D eigenvalue weighted by Crippen LogP contribution is 2.26. The first-order valence-electron chi connectivity index (χ1n) is 7.04. The van der Waals surface area contributed by atoms with Crippen molar-refractivity contribution < 1.29 is 9.53 Å². The van der Waals surface area contributed by atoms with Crippen LogP contribution in [0.1, 0.15) is 17.9 Å². The van der Waals surface area contributed by atoms with E-state index < -0.39 is 0 Å². The van der Waals surface area contributed by atoms with E-state index in [-0.39, 0.29) is 12.1 Å². The first kappa shape index (κ1) is 14.8. The smallest absolute Gasteiger partial charge is 0.407 e. The second-order valence-electron chi connectivity index (χ2n) is 5.22. The molecule has 1 aromatic carbocycles. The van der Waals surface area contributed by atoms with Crippen LogP contribution < -0.4 is 11.1 Å². The molecule has 0 spiro atoms. The molecule has 1 fully saturated rings. The average molecular weight is 277 g/mol. The van der Waals surface area contributed by atoms with Crippen LogP contribution in [0.3, 0.4) is 0 Å². The Morgan fingerprint density at radius 1 is 1.40 bits per heavy atom. The molecule has 1 amide bonds. The summed E-state index contributed by atoms with van der Waals surface area (Å²) >= 11 is 0. The monoisotopic (exact) mass is 277 g/mol. The minimum atomic E-state index is -0.364. The molecule has 1 aliphatic rings. The molecular weight excluding hydrogens is 254 g/mol. The van der Waals surface area contributed by atoms with Crippen LogP contribution in [0, 0.1) is 0 Å². The number of amides is 1. The van der Waals surface area contributed by atoms with E-state index in [1.54, 1.807) is 0 Å². The van der Waals surface area contributed by atoms with Gasteiger partial charge in [0.05, 0.1) is 7.11 Å². The summed E-state index contributed by atoms with van der Waals surface area (Å²) in [6.07, 6.45) is 0.566. The molecule has 2 atom stereocenters. The van der Waals surface area contributed by atoms with Gasteiger partial charge in [0.2, 0.25) is 0 Å². The van der Waals surface area contributed by atoms with E-state index in [1.807, 2.05) is 6.07 Å². The highest BCUT2D eigenvalue weighted by molar-refractivity contribution is 5.67. The van der Waals surface area contributed by atoms with E-state index in [4.69, 9.17) is 10.5 Å². The number of piperidine rings is 1. The van der Waals surface area contributed by atoms with Crippen molar-refractivity contribution in [1.82, 2.24) is 10.2 Å². The van der Waals surface area contributed by atoms with Crippen LogP contribution in [0.15, 0.2) is 30.3 Å². The predicted octanol–water partition coefficient (Wildman–Crippen LogP) is 1.16. The SMILES string of the molecule is COC(=O)NC1CC(c2ccccc2)CN(CCN)C1. The third-order valence-corrected chi connectivity index (χ3v) is 3.75. The molecule has 0 bridgehead atoms. The summed E-state index contributed by atoms with van der Waals surface area (Å²) < 4.78 is 4.70. The molecule has 1 aromatic rings. The van der Waals surface area contributed by atoms with Gasteiger partial charge in [-0.25, -0.2) is 4.79 Å². The summed E-state index contributed by atoms with van der Waals surface area (Å²) in [5.74, 6) is 0.415. The van der Waals surface area contributed by atoms with Crippen LogP contribution in [-0.2, 0) is 4.74 Å². The third-order valence-electron chi connectivity index (χ3n) is 3.75. The summed E-state index contributed by atoms with van der Waals surface area (Å²) in [6, 6.07) is 10.5. The lowest BCUT2D eigenvalue weighted by atomic mass is 9.88. The van der Waals surface area contributed by atoms with E-state index >= 15 is 0 Å². The molecule has 0 radical (unpaired) electrons. The molecule has 5 heteroatoms. The number of likely N-dealkylation sites (tertiary alicyclic amines) is 1. The standard InChI is InChI=1S/C15H23N3O2/c1-20-15(19)17-14-9-13(10-18(11-14)8-7-16)12-5-3-2-4-6-12/h2-6,13-14H,7-11,16H2,1H3,(H,17,19). The first-order valence-corrected chi connectivity index (χ1v) is 7.04. The highest BCUT2D eigenvalue weighted by atomic mass is 16.5. The molecule has 0 aliphatic carbocycles. The lowest BCUT2D eigenvalue weighted by molar-refractivity contribution is 0.142. The Balaban J connectivity index is 2.06. The van der Waals surface area contributed by atoms with Crippen molar-refractivity contribution in [1.29, 1.82) is 0 Å². The number of carbonyl (C=O) groups excluding carboxylic acids is 1. The number of hydrogen-bond donors (Lipinski definition) is 2. The van der Waals surface area contributed by atoms with E-state index in [1.165, 1.54) is 12.7 Å². The number of carbonyl (C=O) groups is 1. The minimum absolute atomic E-state index is 0.105. The number of alkyl carbamates (subject to hydrolysis) is 1. The first-order chi connectivity index (χ1) is 9.72. The van der Waals surface area contributed by atoms with Crippen LogP contribution >= 0.6 is 0 Å². The molecule has 3 N–H and O–H groups in total. The Kier molecular flexibility index (Phi) is 5.38. The van der Waals surface area contributed by atoms with Gasteiger partial charge in [-0.1, -0.05) is 30.3 Å². The van der Waals surface area contributed by atoms with Crippen molar-refractivity contribution in [3.63, 3.8) is 0 Å². The number of ether oxygens (including phenoxy) is 1. The minimum Gasteiger partial charge on any atom is -0.453 e. The Labute approximate surface area is 120 Å². The Hall–Kier alpha value is -1.59. The normalized spacial score (nSPS) is 23.3. The quantitative estimate of drug-likeness (QED) is 0.866. The van der Waals surface area contributed by atoms with Gasteiger partial charge in [-0.15, -0.1) is 0 Å². The summed E-state index contributed by atoms with van der Waals surface area (Å²) in [6.45, 7) is 3.30. The average Bonchev–Trinajstić information content (AvgIpc) is 2.48. The number of nitrogens with two attached hydrogens (primary N) is 1. The van der Waals surface area contributed by atoms with Gasteiger partial charge < -0.3 is 15.8 Å². The van der Waals surface area contributed by atoms with Crippen molar-refractivity contribution in [2.45, 2.75) is 18.4 Å². The molecule has 0 aromatic heterocycles. The number of nitrogens with zero attached hydrogens (tertiary/aromatic N) is 1. The number of hydrogen-bond acceptors (Lipinski definition) is 4. The van der Waals surface area contributed by atoms with Crippen molar-refractivity contribution in [3.8, 4) is 0 Å². The molecule has 0 saturated carbocycles. The molecule has 1 aliphatic heterocycles. The topological polar surface area (TPSA) is 67.6 Å².